The van der Waals surface area contributed by atoms with E-state index in [-0.39, 0.29) is 12.3 Å². The van der Waals surface area contributed by atoms with Crippen LogP contribution in [0.2, 0.25) is 0 Å². The summed E-state index contributed by atoms with van der Waals surface area (Å²) in [7, 11) is 0. The second-order valence-corrected chi connectivity index (χ2v) is 5.39. The fourth-order valence-electron chi connectivity index (χ4n) is 1.71. The van der Waals surface area contributed by atoms with Gasteiger partial charge in [0.2, 0.25) is 5.91 Å². The lowest BCUT2D eigenvalue weighted by atomic mass is 10.2. The Morgan fingerprint density at radius 1 is 1.42 bits per heavy atom. The molecule has 0 atom stereocenters. The Bertz CT molecular complexity index is 548. The number of carbonyl (C=O) groups is 1. The molecule has 0 spiro atoms. The van der Waals surface area contributed by atoms with Gasteiger partial charge in [0.1, 0.15) is 5.76 Å². The number of hydrogen-bond donors (Lipinski definition) is 1. The van der Waals surface area contributed by atoms with Gasteiger partial charge in [-0.3, -0.25) is 4.79 Å². The number of nitrogens with one attached hydrogen (secondary N) is 1. The molecule has 102 valence electrons. The van der Waals surface area contributed by atoms with Crippen molar-refractivity contribution in [1.29, 1.82) is 0 Å². The van der Waals surface area contributed by atoms with Gasteiger partial charge in [-0.05, 0) is 20.3 Å². The lowest BCUT2D eigenvalue weighted by molar-refractivity contribution is -0.120. The first-order chi connectivity index (χ1) is 9.13. The van der Waals surface area contributed by atoms with Crippen molar-refractivity contribution in [3.05, 3.63) is 33.6 Å². The summed E-state index contributed by atoms with van der Waals surface area (Å²) in [4.78, 5) is 16.0. The zero-order chi connectivity index (χ0) is 13.7. The van der Waals surface area contributed by atoms with E-state index >= 15 is 0 Å². The van der Waals surface area contributed by atoms with Gasteiger partial charge in [-0.1, -0.05) is 5.16 Å². The number of carbonyl (C=O) groups excluding carboxylic acids is 1. The van der Waals surface area contributed by atoms with Crippen LogP contribution in [0.25, 0.3) is 0 Å². The quantitative estimate of drug-likeness (QED) is 0.822. The van der Waals surface area contributed by atoms with E-state index in [4.69, 9.17) is 4.52 Å². The summed E-state index contributed by atoms with van der Waals surface area (Å²) < 4.78 is 4.99. The van der Waals surface area contributed by atoms with Crippen molar-refractivity contribution in [3.8, 4) is 0 Å². The Balaban J connectivity index is 1.64. The maximum Gasteiger partial charge on any atom is 0.227 e. The van der Waals surface area contributed by atoms with E-state index < -0.39 is 0 Å². The second-order valence-electron chi connectivity index (χ2n) is 4.45. The first kappa shape index (κ1) is 13.7. The molecule has 1 amide bonds. The lowest BCUT2D eigenvalue weighted by Gasteiger charge is -2.02. The number of rotatable bonds is 6. The summed E-state index contributed by atoms with van der Waals surface area (Å²) in [6, 6.07) is 1.78. The molecule has 6 heteroatoms. The highest BCUT2D eigenvalue weighted by molar-refractivity contribution is 7.09. The van der Waals surface area contributed by atoms with Crippen LogP contribution in [0.3, 0.4) is 0 Å². The number of amides is 1. The first-order valence-electron chi connectivity index (χ1n) is 6.23. The van der Waals surface area contributed by atoms with Crippen LogP contribution in [-0.4, -0.2) is 22.6 Å². The molecule has 0 aliphatic carbocycles. The van der Waals surface area contributed by atoms with Crippen LogP contribution in [0.5, 0.6) is 0 Å². The van der Waals surface area contributed by atoms with Crippen LogP contribution in [0.1, 0.15) is 28.6 Å². The van der Waals surface area contributed by atoms with E-state index in [1.807, 2.05) is 19.2 Å². The summed E-state index contributed by atoms with van der Waals surface area (Å²) in [5, 5.41) is 9.78. The van der Waals surface area contributed by atoms with Crippen molar-refractivity contribution < 1.29 is 9.32 Å². The average Bonchev–Trinajstić information content (AvgIpc) is 2.94. The Morgan fingerprint density at radius 3 is 2.89 bits per heavy atom. The smallest absolute Gasteiger partial charge is 0.227 e. The maximum absolute atomic E-state index is 11.6. The molecule has 1 N–H and O–H groups in total. The summed E-state index contributed by atoms with van der Waals surface area (Å²) in [5.41, 5.74) is 1.85. The van der Waals surface area contributed by atoms with Gasteiger partial charge in [0.15, 0.2) is 0 Å². The van der Waals surface area contributed by atoms with Crippen LogP contribution in [0.4, 0.5) is 0 Å². The topological polar surface area (TPSA) is 68.0 Å². The molecule has 0 aliphatic rings. The molecule has 0 bridgehead atoms. The number of aromatic nitrogens is 2. The number of aryl methyl sites for hydroxylation is 3. The fourth-order valence-corrected chi connectivity index (χ4v) is 2.52. The van der Waals surface area contributed by atoms with Gasteiger partial charge >= 0.3 is 0 Å². The molecule has 2 aromatic heterocycles. The molecule has 2 heterocycles. The van der Waals surface area contributed by atoms with Crippen LogP contribution in [0, 0.1) is 13.8 Å². The van der Waals surface area contributed by atoms with E-state index in [1.165, 1.54) is 0 Å². The zero-order valence-corrected chi connectivity index (χ0v) is 11.9. The standard InChI is InChI=1S/C13H17N3O2S/c1-9-6-11(18-16-9)7-12(17)14-5-3-4-13-15-10(2)8-19-13/h6,8H,3-5,7H2,1-2H3,(H,14,17). The second kappa shape index (κ2) is 6.47. The van der Waals surface area contributed by atoms with Crippen molar-refractivity contribution in [2.75, 3.05) is 6.54 Å². The monoisotopic (exact) mass is 279 g/mol. The predicted octanol–water partition coefficient (Wildman–Crippen LogP) is 2.04. The number of hydrogen-bond acceptors (Lipinski definition) is 5. The van der Waals surface area contributed by atoms with Crippen LogP contribution >= 0.6 is 11.3 Å². The van der Waals surface area contributed by atoms with E-state index in [9.17, 15) is 4.79 Å². The van der Waals surface area contributed by atoms with Gasteiger partial charge in [-0.15, -0.1) is 11.3 Å². The van der Waals surface area contributed by atoms with Gasteiger partial charge in [-0.25, -0.2) is 4.98 Å². The summed E-state index contributed by atoms with van der Waals surface area (Å²) >= 11 is 1.67. The van der Waals surface area contributed by atoms with Crippen molar-refractivity contribution >= 4 is 17.2 Å². The van der Waals surface area contributed by atoms with Crippen molar-refractivity contribution in [1.82, 2.24) is 15.5 Å². The minimum atomic E-state index is -0.0357. The Labute approximate surface area is 116 Å². The Kier molecular flexibility index (Phi) is 4.68. The third-order valence-corrected chi connectivity index (χ3v) is 3.59. The third-order valence-electron chi connectivity index (χ3n) is 2.57. The summed E-state index contributed by atoms with van der Waals surface area (Å²) in [6.07, 6.45) is 2.05. The fraction of sp³-hybridized carbons (Fsp3) is 0.462. The molecule has 0 saturated carbocycles. The molecule has 0 radical (unpaired) electrons. The van der Waals surface area contributed by atoms with Crippen LogP contribution in [0.15, 0.2) is 16.0 Å². The maximum atomic E-state index is 11.6. The first-order valence-corrected chi connectivity index (χ1v) is 7.11. The van der Waals surface area contributed by atoms with Crippen molar-refractivity contribution in [2.45, 2.75) is 33.1 Å². The Morgan fingerprint density at radius 2 is 2.26 bits per heavy atom. The highest BCUT2D eigenvalue weighted by Gasteiger charge is 2.07. The van der Waals surface area contributed by atoms with E-state index in [2.05, 4.69) is 15.5 Å². The molecule has 0 saturated heterocycles. The minimum Gasteiger partial charge on any atom is -0.361 e. The molecule has 19 heavy (non-hydrogen) atoms. The normalized spacial score (nSPS) is 10.6. The summed E-state index contributed by atoms with van der Waals surface area (Å²) in [5.74, 6) is 0.567. The largest absolute Gasteiger partial charge is 0.361 e. The van der Waals surface area contributed by atoms with Gasteiger partial charge in [0.05, 0.1) is 17.1 Å². The van der Waals surface area contributed by atoms with Crippen LogP contribution < -0.4 is 5.32 Å². The SMILES string of the molecule is Cc1cc(CC(=O)NCCCc2nc(C)cs2)on1. The van der Waals surface area contributed by atoms with Gasteiger partial charge < -0.3 is 9.84 Å². The van der Waals surface area contributed by atoms with Gasteiger partial charge in [0.25, 0.3) is 0 Å². The number of thiazole rings is 1. The summed E-state index contributed by atoms with van der Waals surface area (Å²) in [6.45, 7) is 4.48. The predicted molar refractivity (Wildman–Crippen MR) is 73.1 cm³/mol. The molecule has 0 aromatic carbocycles. The molecule has 2 rings (SSSR count). The molecule has 5 nitrogen and oxygen atoms in total. The number of nitrogens with zero attached hydrogens (tertiary/aromatic N) is 2. The third kappa shape index (κ3) is 4.48. The molecule has 0 fully saturated rings. The minimum absolute atomic E-state index is 0.0357. The van der Waals surface area contributed by atoms with Crippen LogP contribution in [-0.2, 0) is 17.6 Å². The zero-order valence-electron chi connectivity index (χ0n) is 11.1. The molecular weight excluding hydrogens is 262 g/mol. The van der Waals surface area contributed by atoms with E-state index in [0.29, 0.717) is 12.3 Å². The Hall–Kier alpha value is -1.69. The molecule has 0 unspecified atom stereocenters. The van der Waals surface area contributed by atoms with Gasteiger partial charge in [0, 0.05) is 30.1 Å². The van der Waals surface area contributed by atoms with Crippen molar-refractivity contribution in [2.24, 2.45) is 0 Å². The highest BCUT2D eigenvalue weighted by atomic mass is 32.1. The molecular formula is C13H17N3O2S. The molecule has 0 aliphatic heterocycles. The van der Waals surface area contributed by atoms with Crippen molar-refractivity contribution in [3.63, 3.8) is 0 Å². The average molecular weight is 279 g/mol. The highest BCUT2D eigenvalue weighted by Crippen LogP contribution is 2.10. The van der Waals surface area contributed by atoms with Gasteiger partial charge in [-0.2, -0.15) is 0 Å². The molecule has 2 aromatic rings. The van der Waals surface area contributed by atoms with E-state index in [0.717, 1.165) is 29.2 Å². The lowest BCUT2D eigenvalue weighted by Crippen LogP contribution is -2.26. The van der Waals surface area contributed by atoms with E-state index in [1.54, 1.807) is 17.4 Å².